The first kappa shape index (κ1) is 3.51. The molecule has 1 heterocycles. The average Bonchev–Trinajstić information content (AvgIpc) is 1.86. The van der Waals surface area contributed by atoms with Crippen LogP contribution in [-0.4, -0.2) is 6.61 Å². The molecule has 0 aliphatic carbocycles. The van der Waals surface area contributed by atoms with E-state index in [2.05, 4.69) is 5.73 Å². The lowest BCUT2D eigenvalue weighted by Gasteiger charge is -1.84. The Morgan fingerprint density at radius 3 is 3.00 bits per heavy atom. The Kier molecular flexibility index (Phi) is 0.697. The highest BCUT2D eigenvalue weighted by Gasteiger charge is 1.88. The number of ether oxygens (including phenoxy) is 1. The molecule has 1 aliphatic heterocycles. The predicted octanol–water partition coefficient (Wildman–Crippen LogP) is 1.08. The van der Waals surface area contributed by atoms with Crippen LogP contribution in [-0.2, 0) is 4.74 Å². The lowest BCUT2D eigenvalue weighted by atomic mass is 10.4. The second-order valence-electron chi connectivity index (χ2n) is 1.35. The van der Waals surface area contributed by atoms with Gasteiger partial charge in [-0.1, -0.05) is 5.73 Å². The topological polar surface area (TPSA) is 9.23 Å². The fourth-order valence-corrected chi connectivity index (χ4v) is 0.351. The lowest BCUT2D eigenvalue weighted by molar-refractivity contribution is 0.295. The minimum atomic E-state index is 0.736. The fraction of sp³-hybridized carbons (Fsp3) is 0.400. The molecule has 0 saturated carbocycles. The van der Waals surface area contributed by atoms with Crippen LogP contribution in [0.5, 0.6) is 0 Å². The minimum Gasteiger partial charge on any atom is -0.488 e. The summed E-state index contributed by atoms with van der Waals surface area (Å²) in [5.74, 6) is 0. The van der Waals surface area contributed by atoms with Gasteiger partial charge in [0, 0.05) is 5.57 Å². The molecule has 0 aromatic heterocycles. The molecule has 0 aromatic carbocycles. The summed E-state index contributed by atoms with van der Waals surface area (Å²) in [6.07, 6.45) is 1.59. The molecule has 1 nitrogen and oxygen atoms in total. The Balaban J connectivity index is 2.71. The zero-order valence-electron chi connectivity index (χ0n) is 3.69. The molecule has 1 rings (SSSR count). The first-order valence-electron chi connectivity index (χ1n) is 1.92. The fourth-order valence-electron chi connectivity index (χ4n) is 0.351. The van der Waals surface area contributed by atoms with E-state index < -0.39 is 0 Å². The van der Waals surface area contributed by atoms with Crippen LogP contribution in [0.25, 0.3) is 0 Å². The summed E-state index contributed by atoms with van der Waals surface area (Å²) < 4.78 is 4.78. The molecule has 0 fully saturated rings. The minimum absolute atomic E-state index is 0.736. The molecule has 0 amide bonds. The molecular weight excluding hydrogens is 76.1 g/mol. The monoisotopic (exact) mass is 82.0 g/mol. The first-order chi connectivity index (χ1) is 2.89. The normalized spacial score (nSPS) is 17.2. The molecule has 1 heteroatoms. The van der Waals surface area contributed by atoms with Crippen molar-refractivity contribution in [1.82, 2.24) is 0 Å². The molecule has 32 valence electrons. The van der Waals surface area contributed by atoms with Crippen LogP contribution >= 0.6 is 0 Å². The zero-order chi connectivity index (χ0) is 4.41. The summed E-state index contributed by atoms with van der Waals surface area (Å²) in [4.78, 5) is 0. The number of rotatable bonds is 0. The van der Waals surface area contributed by atoms with Crippen molar-refractivity contribution in [3.8, 4) is 0 Å². The number of hydrogen-bond donors (Lipinski definition) is 0. The van der Waals surface area contributed by atoms with Crippen molar-refractivity contribution in [3.63, 3.8) is 0 Å². The predicted molar refractivity (Wildman–Crippen MR) is 23.2 cm³/mol. The highest BCUT2D eigenvalue weighted by molar-refractivity contribution is 5.00. The molecule has 0 N–H and O–H groups in total. The summed E-state index contributed by atoms with van der Waals surface area (Å²) in [5, 5.41) is 0. The van der Waals surface area contributed by atoms with Gasteiger partial charge in [0.25, 0.3) is 0 Å². The van der Waals surface area contributed by atoms with Gasteiger partial charge >= 0.3 is 0 Å². The maximum Gasteiger partial charge on any atom is 0.126 e. The van der Waals surface area contributed by atoms with E-state index in [1.165, 1.54) is 5.57 Å². The van der Waals surface area contributed by atoms with E-state index in [1.54, 1.807) is 6.26 Å². The zero-order valence-corrected chi connectivity index (χ0v) is 3.69. The van der Waals surface area contributed by atoms with Gasteiger partial charge in [0.1, 0.15) is 12.9 Å². The third-order valence-electron chi connectivity index (χ3n) is 0.688. The van der Waals surface area contributed by atoms with E-state index in [4.69, 9.17) is 4.74 Å². The van der Waals surface area contributed by atoms with Crippen LogP contribution in [0.4, 0.5) is 0 Å². The van der Waals surface area contributed by atoms with E-state index >= 15 is 0 Å². The van der Waals surface area contributed by atoms with Gasteiger partial charge in [0.2, 0.25) is 0 Å². The largest absolute Gasteiger partial charge is 0.488 e. The second kappa shape index (κ2) is 1.19. The van der Waals surface area contributed by atoms with Crippen molar-refractivity contribution in [2.75, 3.05) is 6.61 Å². The molecule has 0 spiro atoms. The lowest BCUT2D eigenvalue weighted by Crippen LogP contribution is -1.78. The van der Waals surface area contributed by atoms with E-state index in [9.17, 15) is 0 Å². The van der Waals surface area contributed by atoms with Gasteiger partial charge in [0.05, 0.1) is 0 Å². The Morgan fingerprint density at radius 1 is 2.00 bits per heavy atom. The summed E-state index contributed by atoms with van der Waals surface area (Å²) in [6, 6.07) is 0. The molecule has 6 heavy (non-hydrogen) atoms. The van der Waals surface area contributed by atoms with Crippen molar-refractivity contribution in [2.45, 2.75) is 6.92 Å². The van der Waals surface area contributed by atoms with E-state index in [0.29, 0.717) is 0 Å². The Bertz CT molecular complexity index is 107. The molecule has 0 atom stereocenters. The highest BCUT2D eigenvalue weighted by Crippen LogP contribution is 1.96. The van der Waals surface area contributed by atoms with Crippen LogP contribution in [0, 0.1) is 0 Å². The van der Waals surface area contributed by atoms with Crippen molar-refractivity contribution >= 4 is 0 Å². The Morgan fingerprint density at radius 2 is 2.83 bits per heavy atom. The molecule has 0 saturated heterocycles. The first-order valence-corrected chi connectivity index (χ1v) is 1.92. The van der Waals surface area contributed by atoms with Crippen LogP contribution in [0.2, 0.25) is 0 Å². The van der Waals surface area contributed by atoms with Gasteiger partial charge in [-0.25, -0.2) is 0 Å². The molecule has 0 bridgehead atoms. The van der Waals surface area contributed by atoms with E-state index in [-0.39, 0.29) is 0 Å². The number of hydrogen-bond acceptors (Lipinski definition) is 1. The summed E-state index contributed by atoms with van der Waals surface area (Å²) in [7, 11) is 0. The maximum atomic E-state index is 4.78. The van der Waals surface area contributed by atoms with Crippen LogP contribution < -0.4 is 0 Å². The molecule has 0 unspecified atom stereocenters. The van der Waals surface area contributed by atoms with Gasteiger partial charge in [0.15, 0.2) is 0 Å². The Hall–Kier alpha value is -0.680. The van der Waals surface area contributed by atoms with Gasteiger partial charge in [-0.15, -0.1) is 0 Å². The SMILES string of the molecule is CC1=C=COC1. The molecule has 0 aromatic rings. The van der Waals surface area contributed by atoms with Crippen molar-refractivity contribution < 1.29 is 4.74 Å². The third-order valence-corrected chi connectivity index (χ3v) is 0.688. The van der Waals surface area contributed by atoms with Gasteiger partial charge in [-0.3, -0.25) is 0 Å². The average molecular weight is 82.1 g/mol. The van der Waals surface area contributed by atoms with Crippen LogP contribution in [0.3, 0.4) is 0 Å². The van der Waals surface area contributed by atoms with Crippen molar-refractivity contribution in [3.05, 3.63) is 17.6 Å². The van der Waals surface area contributed by atoms with Crippen molar-refractivity contribution in [1.29, 1.82) is 0 Å². The molecule has 0 radical (unpaired) electrons. The van der Waals surface area contributed by atoms with Gasteiger partial charge in [-0.2, -0.15) is 0 Å². The second-order valence-corrected chi connectivity index (χ2v) is 1.35. The van der Waals surface area contributed by atoms with Gasteiger partial charge in [-0.05, 0) is 6.92 Å². The van der Waals surface area contributed by atoms with Crippen molar-refractivity contribution in [2.24, 2.45) is 0 Å². The summed E-state index contributed by atoms with van der Waals surface area (Å²) in [6.45, 7) is 2.73. The standard InChI is InChI=1S/C5H6O/c1-5-2-3-6-4-5/h3H,4H2,1H3. The quantitative estimate of drug-likeness (QED) is 0.397. The smallest absolute Gasteiger partial charge is 0.126 e. The maximum absolute atomic E-state index is 4.78. The Labute approximate surface area is 36.9 Å². The summed E-state index contributed by atoms with van der Waals surface area (Å²) in [5.41, 5.74) is 4.06. The van der Waals surface area contributed by atoms with E-state index in [0.717, 1.165) is 6.61 Å². The van der Waals surface area contributed by atoms with Crippen LogP contribution in [0.15, 0.2) is 17.6 Å². The molecular formula is C5H6O. The summed E-state index contributed by atoms with van der Waals surface area (Å²) >= 11 is 0. The molecule has 1 aliphatic rings. The van der Waals surface area contributed by atoms with Gasteiger partial charge < -0.3 is 4.74 Å². The van der Waals surface area contributed by atoms with E-state index in [1.807, 2.05) is 6.92 Å². The third kappa shape index (κ3) is 0.447. The van der Waals surface area contributed by atoms with Crippen LogP contribution in [0.1, 0.15) is 6.92 Å². The highest BCUT2D eigenvalue weighted by atomic mass is 16.5.